The summed E-state index contributed by atoms with van der Waals surface area (Å²) >= 11 is 0. The lowest BCUT2D eigenvalue weighted by Gasteiger charge is -2.05. The van der Waals surface area contributed by atoms with Crippen molar-refractivity contribution in [3.8, 4) is 5.69 Å². The van der Waals surface area contributed by atoms with E-state index in [1.807, 2.05) is 47.4 Å². The summed E-state index contributed by atoms with van der Waals surface area (Å²) in [6, 6.07) is 10.1. The van der Waals surface area contributed by atoms with Crippen LogP contribution in [0.2, 0.25) is 0 Å². The Hall–Kier alpha value is -1.61. The van der Waals surface area contributed by atoms with Crippen LogP contribution in [0, 0.1) is 5.92 Å². The number of rotatable bonds is 2. The molecule has 2 aromatic rings. The topological polar surface area (TPSA) is 43.8 Å². The van der Waals surface area contributed by atoms with Crippen LogP contribution >= 0.6 is 0 Å². The van der Waals surface area contributed by atoms with E-state index in [1.54, 1.807) is 0 Å². The maximum Gasteiger partial charge on any atom is 0.0645 e. The molecule has 0 radical (unpaired) electrons. The minimum Gasteiger partial charge on any atom is -0.321 e. The van der Waals surface area contributed by atoms with E-state index in [-0.39, 0.29) is 5.54 Å². The van der Waals surface area contributed by atoms with E-state index in [4.69, 9.17) is 5.73 Å². The number of hydrogen-bond donors (Lipinski definition) is 1. The van der Waals surface area contributed by atoms with Crippen molar-refractivity contribution in [1.29, 1.82) is 0 Å². The third kappa shape index (κ3) is 1.36. The van der Waals surface area contributed by atoms with Crippen LogP contribution < -0.4 is 5.73 Å². The van der Waals surface area contributed by atoms with Gasteiger partial charge >= 0.3 is 0 Å². The van der Waals surface area contributed by atoms with Crippen molar-refractivity contribution in [1.82, 2.24) is 9.78 Å². The van der Waals surface area contributed by atoms with Crippen LogP contribution in [-0.2, 0) is 5.54 Å². The van der Waals surface area contributed by atoms with Gasteiger partial charge in [0.25, 0.3) is 0 Å². The molecule has 0 amide bonds. The van der Waals surface area contributed by atoms with Crippen LogP contribution in [-0.4, -0.2) is 9.78 Å². The molecule has 0 unspecified atom stereocenters. The van der Waals surface area contributed by atoms with E-state index >= 15 is 0 Å². The van der Waals surface area contributed by atoms with Crippen LogP contribution in [0.4, 0.5) is 0 Å². The van der Waals surface area contributed by atoms with Gasteiger partial charge in [-0.15, -0.1) is 0 Å². The molecule has 2 atom stereocenters. The van der Waals surface area contributed by atoms with Gasteiger partial charge in [-0.3, -0.25) is 0 Å². The van der Waals surface area contributed by atoms with Gasteiger partial charge in [-0.25, -0.2) is 4.68 Å². The van der Waals surface area contributed by atoms with Crippen LogP contribution in [0.25, 0.3) is 5.69 Å². The molecular weight excluding hydrogens is 198 g/mol. The maximum atomic E-state index is 6.25. The van der Waals surface area contributed by atoms with E-state index in [0.29, 0.717) is 5.92 Å². The molecule has 3 heteroatoms. The summed E-state index contributed by atoms with van der Waals surface area (Å²) in [5.41, 5.74) is 8.33. The minimum atomic E-state index is -0.132. The quantitative estimate of drug-likeness (QED) is 0.830. The Labute approximate surface area is 94.9 Å². The van der Waals surface area contributed by atoms with E-state index in [1.165, 1.54) is 0 Å². The Morgan fingerprint density at radius 3 is 2.69 bits per heavy atom. The summed E-state index contributed by atoms with van der Waals surface area (Å²) in [4.78, 5) is 0. The molecule has 1 heterocycles. The van der Waals surface area contributed by atoms with Crippen molar-refractivity contribution in [3.05, 3.63) is 48.3 Å². The van der Waals surface area contributed by atoms with Crippen molar-refractivity contribution in [3.63, 3.8) is 0 Å². The third-order valence-electron chi connectivity index (χ3n) is 3.50. The zero-order valence-corrected chi connectivity index (χ0v) is 9.30. The Morgan fingerprint density at radius 1 is 1.38 bits per heavy atom. The first-order valence-corrected chi connectivity index (χ1v) is 5.59. The largest absolute Gasteiger partial charge is 0.321 e. The van der Waals surface area contributed by atoms with Gasteiger partial charge in [-0.1, -0.05) is 25.1 Å². The molecule has 16 heavy (non-hydrogen) atoms. The van der Waals surface area contributed by atoms with Crippen LogP contribution in [0.1, 0.15) is 18.9 Å². The number of para-hydroxylation sites is 1. The summed E-state index contributed by atoms with van der Waals surface area (Å²) in [6.45, 7) is 2.18. The second-order valence-electron chi connectivity index (χ2n) is 4.65. The Balaban J connectivity index is 1.95. The number of aromatic nitrogens is 2. The molecule has 1 aromatic heterocycles. The summed E-state index contributed by atoms with van der Waals surface area (Å²) in [6.07, 6.45) is 4.99. The summed E-state index contributed by atoms with van der Waals surface area (Å²) < 4.78 is 1.88. The average Bonchev–Trinajstić information content (AvgIpc) is 2.77. The molecule has 1 aliphatic carbocycles. The first-order chi connectivity index (χ1) is 7.70. The smallest absolute Gasteiger partial charge is 0.0645 e. The van der Waals surface area contributed by atoms with E-state index in [0.717, 1.165) is 17.7 Å². The van der Waals surface area contributed by atoms with Gasteiger partial charge < -0.3 is 5.73 Å². The maximum absolute atomic E-state index is 6.25. The standard InChI is InChI=1S/C13H15N3/c1-10-7-13(10,14)11-8-15-16(9-11)12-5-3-2-4-6-12/h2-6,8-10H,7,14H2,1H3/t10-,13+/m1/s1. The number of nitrogens with two attached hydrogens (primary N) is 1. The Morgan fingerprint density at radius 2 is 2.06 bits per heavy atom. The van der Waals surface area contributed by atoms with Crippen LogP contribution in [0.5, 0.6) is 0 Å². The second-order valence-corrected chi connectivity index (χ2v) is 4.65. The molecule has 0 bridgehead atoms. The highest BCUT2D eigenvalue weighted by molar-refractivity contribution is 5.34. The number of nitrogens with zero attached hydrogens (tertiary/aromatic N) is 2. The van der Waals surface area contributed by atoms with Gasteiger partial charge in [0.15, 0.2) is 0 Å². The summed E-state index contributed by atoms with van der Waals surface area (Å²) in [7, 11) is 0. The average molecular weight is 213 g/mol. The lowest BCUT2D eigenvalue weighted by molar-refractivity contribution is 0.664. The molecule has 3 rings (SSSR count). The highest BCUT2D eigenvalue weighted by Crippen LogP contribution is 2.48. The highest BCUT2D eigenvalue weighted by Gasteiger charge is 2.49. The van der Waals surface area contributed by atoms with Gasteiger partial charge in [-0.05, 0) is 24.5 Å². The molecule has 3 nitrogen and oxygen atoms in total. The molecule has 0 saturated heterocycles. The van der Waals surface area contributed by atoms with Crippen molar-refractivity contribution in [2.24, 2.45) is 11.7 Å². The number of hydrogen-bond acceptors (Lipinski definition) is 2. The van der Waals surface area contributed by atoms with E-state index in [9.17, 15) is 0 Å². The fourth-order valence-electron chi connectivity index (χ4n) is 2.14. The molecule has 1 saturated carbocycles. The Kier molecular flexibility index (Phi) is 1.91. The summed E-state index contributed by atoms with van der Waals surface area (Å²) in [5.74, 6) is 0.570. The number of benzene rings is 1. The monoisotopic (exact) mass is 213 g/mol. The van der Waals surface area contributed by atoms with Gasteiger partial charge in [0.05, 0.1) is 11.9 Å². The van der Waals surface area contributed by atoms with Gasteiger partial charge in [-0.2, -0.15) is 5.10 Å². The van der Waals surface area contributed by atoms with E-state index < -0.39 is 0 Å². The molecule has 82 valence electrons. The molecule has 1 aromatic carbocycles. The SMILES string of the molecule is C[C@@H]1C[C@@]1(N)c1cnn(-c2ccccc2)c1. The first-order valence-electron chi connectivity index (χ1n) is 5.59. The van der Waals surface area contributed by atoms with Crippen molar-refractivity contribution in [2.75, 3.05) is 0 Å². The highest BCUT2D eigenvalue weighted by atomic mass is 15.3. The zero-order chi connectivity index (χ0) is 11.2. The Bertz CT molecular complexity index is 503. The zero-order valence-electron chi connectivity index (χ0n) is 9.30. The van der Waals surface area contributed by atoms with E-state index in [2.05, 4.69) is 12.0 Å². The van der Waals surface area contributed by atoms with Gasteiger partial charge in [0.1, 0.15) is 0 Å². The molecule has 1 fully saturated rings. The normalized spacial score (nSPS) is 28.0. The fraction of sp³-hybridized carbons (Fsp3) is 0.308. The molecule has 2 N–H and O–H groups in total. The van der Waals surface area contributed by atoms with Crippen LogP contribution in [0.3, 0.4) is 0 Å². The van der Waals surface area contributed by atoms with Gasteiger partial charge in [0, 0.05) is 17.3 Å². The first kappa shape index (κ1) is 9.60. The second kappa shape index (κ2) is 3.19. The fourth-order valence-corrected chi connectivity index (χ4v) is 2.14. The third-order valence-corrected chi connectivity index (χ3v) is 3.50. The minimum absolute atomic E-state index is 0.132. The van der Waals surface area contributed by atoms with Crippen molar-refractivity contribution >= 4 is 0 Å². The lowest BCUT2D eigenvalue weighted by Crippen LogP contribution is -2.20. The predicted octanol–water partition coefficient (Wildman–Crippen LogP) is 2.07. The lowest BCUT2D eigenvalue weighted by atomic mass is 10.1. The summed E-state index contributed by atoms with van der Waals surface area (Å²) in [5, 5.41) is 4.36. The van der Waals surface area contributed by atoms with Crippen molar-refractivity contribution < 1.29 is 0 Å². The predicted molar refractivity (Wildman–Crippen MR) is 63.2 cm³/mol. The van der Waals surface area contributed by atoms with Gasteiger partial charge in [0.2, 0.25) is 0 Å². The molecular formula is C13H15N3. The molecule has 0 spiro atoms. The molecule has 1 aliphatic rings. The molecule has 0 aliphatic heterocycles. The van der Waals surface area contributed by atoms with Crippen molar-refractivity contribution in [2.45, 2.75) is 18.9 Å². The van der Waals surface area contributed by atoms with Crippen LogP contribution in [0.15, 0.2) is 42.7 Å².